The van der Waals surface area contributed by atoms with Gasteiger partial charge in [-0.25, -0.2) is 12.7 Å². The lowest BCUT2D eigenvalue weighted by Gasteiger charge is -2.28. The molecule has 18 heavy (non-hydrogen) atoms. The summed E-state index contributed by atoms with van der Waals surface area (Å²) in [7, 11) is -0.399. The Labute approximate surface area is 108 Å². The molecule has 1 aromatic rings. The molecule has 0 heterocycles. The van der Waals surface area contributed by atoms with Crippen molar-refractivity contribution < 1.29 is 8.42 Å². The second-order valence-corrected chi connectivity index (χ2v) is 6.96. The van der Waals surface area contributed by atoms with Crippen LogP contribution in [-0.4, -0.2) is 32.9 Å². The van der Waals surface area contributed by atoms with Crippen LogP contribution in [-0.2, 0) is 10.0 Å². The number of hydrogen-bond acceptors (Lipinski definition) is 4. The van der Waals surface area contributed by atoms with E-state index in [2.05, 4.69) is 5.32 Å². The molecule has 6 heteroatoms. The van der Waals surface area contributed by atoms with Crippen LogP contribution in [0.25, 0.3) is 0 Å². The number of nitrogens with two attached hydrogens (primary N) is 1. The molecule has 100 valence electrons. The minimum atomic E-state index is -3.41. The van der Waals surface area contributed by atoms with Crippen LogP contribution in [0, 0.1) is 0 Å². The van der Waals surface area contributed by atoms with E-state index < -0.39 is 10.0 Å². The summed E-state index contributed by atoms with van der Waals surface area (Å²) in [4.78, 5) is 0.226. The summed E-state index contributed by atoms with van der Waals surface area (Å²) in [5.41, 5.74) is 7.19. The average Bonchev–Trinajstić information content (AvgIpc) is 2.24. The lowest BCUT2D eigenvalue weighted by Crippen LogP contribution is -2.27. The molecule has 0 spiro atoms. The topological polar surface area (TPSA) is 75.4 Å². The zero-order chi connectivity index (χ0) is 13.3. The van der Waals surface area contributed by atoms with Crippen LogP contribution < -0.4 is 11.1 Å². The SMILES string of the molecule is CN(C)S(=O)(=O)c1ccc(NC2CCC2)c(N)c1. The largest absolute Gasteiger partial charge is 0.397 e. The molecule has 0 aliphatic heterocycles. The third-order valence-electron chi connectivity index (χ3n) is 3.27. The normalized spacial score (nSPS) is 16.6. The number of rotatable bonds is 4. The van der Waals surface area contributed by atoms with Gasteiger partial charge in [-0.1, -0.05) is 0 Å². The molecule has 1 aromatic carbocycles. The summed E-state index contributed by atoms with van der Waals surface area (Å²) in [5.74, 6) is 0. The summed E-state index contributed by atoms with van der Waals surface area (Å²) in [6, 6.07) is 5.32. The molecule has 2 rings (SSSR count). The molecule has 0 radical (unpaired) electrons. The second kappa shape index (κ2) is 4.78. The molecule has 1 fully saturated rings. The highest BCUT2D eigenvalue weighted by atomic mass is 32.2. The Morgan fingerprint density at radius 1 is 1.33 bits per heavy atom. The third kappa shape index (κ3) is 2.44. The van der Waals surface area contributed by atoms with E-state index in [1.807, 2.05) is 0 Å². The molecular weight excluding hydrogens is 250 g/mol. The van der Waals surface area contributed by atoms with Gasteiger partial charge in [0.05, 0.1) is 16.3 Å². The van der Waals surface area contributed by atoms with Crippen molar-refractivity contribution in [1.29, 1.82) is 0 Å². The van der Waals surface area contributed by atoms with Gasteiger partial charge in [0.15, 0.2) is 0 Å². The number of anilines is 2. The highest BCUT2D eigenvalue weighted by Gasteiger charge is 2.20. The molecule has 5 nitrogen and oxygen atoms in total. The summed E-state index contributed by atoms with van der Waals surface area (Å²) >= 11 is 0. The lowest BCUT2D eigenvalue weighted by atomic mass is 9.93. The predicted octanol–water partition coefficient (Wildman–Crippen LogP) is 1.48. The highest BCUT2D eigenvalue weighted by molar-refractivity contribution is 7.89. The average molecular weight is 269 g/mol. The Morgan fingerprint density at radius 2 is 2.00 bits per heavy atom. The first-order valence-corrected chi connectivity index (χ1v) is 7.44. The Kier molecular flexibility index (Phi) is 3.49. The fourth-order valence-electron chi connectivity index (χ4n) is 1.82. The first kappa shape index (κ1) is 13.2. The zero-order valence-electron chi connectivity index (χ0n) is 10.7. The van der Waals surface area contributed by atoms with Gasteiger partial charge < -0.3 is 11.1 Å². The van der Waals surface area contributed by atoms with Crippen molar-refractivity contribution in [3.63, 3.8) is 0 Å². The number of hydrogen-bond donors (Lipinski definition) is 2. The van der Waals surface area contributed by atoms with Gasteiger partial charge in [-0.2, -0.15) is 0 Å². The molecule has 0 saturated heterocycles. The van der Waals surface area contributed by atoms with Gasteiger partial charge in [0.2, 0.25) is 10.0 Å². The number of nitrogens with one attached hydrogen (secondary N) is 1. The van der Waals surface area contributed by atoms with E-state index in [9.17, 15) is 8.42 Å². The first-order chi connectivity index (χ1) is 8.41. The molecule has 0 unspecified atom stereocenters. The smallest absolute Gasteiger partial charge is 0.242 e. The van der Waals surface area contributed by atoms with Crippen LogP contribution in [0.2, 0.25) is 0 Å². The lowest BCUT2D eigenvalue weighted by molar-refractivity contribution is 0.446. The molecule has 3 N–H and O–H groups in total. The molecule has 1 aliphatic carbocycles. The second-order valence-electron chi connectivity index (χ2n) is 4.81. The van der Waals surface area contributed by atoms with Gasteiger partial charge >= 0.3 is 0 Å². The van der Waals surface area contributed by atoms with Gasteiger partial charge in [0.25, 0.3) is 0 Å². The van der Waals surface area contributed by atoms with Gasteiger partial charge in [-0.3, -0.25) is 0 Å². The third-order valence-corrected chi connectivity index (χ3v) is 5.08. The van der Waals surface area contributed by atoms with Crippen molar-refractivity contribution >= 4 is 21.4 Å². The Bertz CT molecular complexity index is 536. The summed E-state index contributed by atoms with van der Waals surface area (Å²) in [6.45, 7) is 0. The van der Waals surface area contributed by atoms with Crippen LogP contribution in [0.4, 0.5) is 11.4 Å². The molecular formula is C12H19N3O2S. The van der Waals surface area contributed by atoms with Crippen LogP contribution >= 0.6 is 0 Å². The van der Waals surface area contributed by atoms with Gasteiger partial charge in [0, 0.05) is 20.1 Å². The Balaban J connectivity index is 2.24. The number of nitrogen functional groups attached to an aromatic ring is 1. The monoisotopic (exact) mass is 269 g/mol. The minimum absolute atomic E-state index is 0.226. The summed E-state index contributed by atoms with van der Waals surface area (Å²) in [6.07, 6.45) is 3.54. The number of nitrogens with zero attached hydrogens (tertiary/aromatic N) is 1. The van der Waals surface area contributed by atoms with Crippen LogP contribution in [0.3, 0.4) is 0 Å². The summed E-state index contributed by atoms with van der Waals surface area (Å²) < 4.78 is 25.1. The fourth-order valence-corrected chi connectivity index (χ4v) is 2.75. The Hall–Kier alpha value is -1.27. The van der Waals surface area contributed by atoms with Crippen molar-refractivity contribution in [3.8, 4) is 0 Å². The number of benzene rings is 1. The van der Waals surface area contributed by atoms with Crippen molar-refractivity contribution in [2.24, 2.45) is 0 Å². The molecule has 1 aliphatic rings. The Morgan fingerprint density at radius 3 is 2.44 bits per heavy atom. The minimum Gasteiger partial charge on any atom is -0.397 e. The standard InChI is InChI=1S/C12H19N3O2S/c1-15(2)18(16,17)10-6-7-12(11(13)8-10)14-9-4-3-5-9/h6-9,14H,3-5,13H2,1-2H3. The van der Waals surface area contributed by atoms with E-state index in [4.69, 9.17) is 5.73 Å². The van der Waals surface area contributed by atoms with Gasteiger partial charge in [-0.05, 0) is 37.5 Å². The van der Waals surface area contributed by atoms with Crippen molar-refractivity contribution in [2.75, 3.05) is 25.1 Å². The zero-order valence-corrected chi connectivity index (χ0v) is 11.5. The van der Waals surface area contributed by atoms with Crippen LogP contribution in [0.1, 0.15) is 19.3 Å². The van der Waals surface area contributed by atoms with Gasteiger partial charge in [0.1, 0.15) is 0 Å². The van der Waals surface area contributed by atoms with E-state index in [0.717, 1.165) is 18.5 Å². The maximum atomic E-state index is 11.9. The van der Waals surface area contributed by atoms with Crippen molar-refractivity contribution in [2.45, 2.75) is 30.2 Å². The first-order valence-electron chi connectivity index (χ1n) is 6.00. The molecule has 0 amide bonds. The van der Waals surface area contributed by atoms with E-state index in [1.54, 1.807) is 12.1 Å². The quantitative estimate of drug-likeness (QED) is 0.812. The van der Waals surface area contributed by atoms with E-state index >= 15 is 0 Å². The maximum absolute atomic E-state index is 11.9. The highest BCUT2D eigenvalue weighted by Crippen LogP contribution is 2.28. The van der Waals surface area contributed by atoms with Crippen LogP contribution in [0.15, 0.2) is 23.1 Å². The van der Waals surface area contributed by atoms with Gasteiger partial charge in [-0.15, -0.1) is 0 Å². The molecule has 0 bridgehead atoms. The number of sulfonamides is 1. The van der Waals surface area contributed by atoms with E-state index in [-0.39, 0.29) is 4.90 Å². The van der Waals surface area contributed by atoms with E-state index in [0.29, 0.717) is 11.7 Å². The molecule has 0 aromatic heterocycles. The predicted molar refractivity (Wildman–Crippen MR) is 73.0 cm³/mol. The van der Waals surface area contributed by atoms with Crippen molar-refractivity contribution in [3.05, 3.63) is 18.2 Å². The summed E-state index contributed by atoms with van der Waals surface area (Å²) in [5, 5.41) is 3.32. The van der Waals surface area contributed by atoms with Crippen LogP contribution in [0.5, 0.6) is 0 Å². The maximum Gasteiger partial charge on any atom is 0.242 e. The molecule has 1 saturated carbocycles. The fraction of sp³-hybridized carbons (Fsp3) is 0.500. The van der Waals surface area contributed by atoms with E-state index in [1.165, 1.54) is 30.9 Å². The van der Waals surface area contributed by atoms with Crippen molar-refractivity contribution in [1.82, 2.24) is 4.31 Å². The molecule has 0 atom stereocenters.